The summed E-state index contributed by atoms with van der Waals surface area (Å²) in [7, 11) is 0. The van der Waals surface area contributed by atoms with Gasteiger partial charge in [-0.3, -0.25) is 4.68 Å². The van der Waals surface area contributed by atoms with E-state index in [2.05, 4.69) is 5.10 Å². The molecule has 0 amide bonds. The van der Waals surface area contributed by atoms with Gasteiger partial charge in [-0.1, -0.05) is 0 Å². The molecule has 3 nitrogen and oxygen atoms in total. The summed E-state index contributed by atoms with van der Waals surface area (Å²) >= 11 is 1.51. The molecule has 0 bridgehead atoms. The Hall–Kier alpha value is -1.72. The van der Waals surface area contributed by atoms with Gasteiger partial charge in [-0.25, -0.2) is 4.39 Å². The van der Waals surface area contributed by atoms with Crippen molar-refractivity contribution in [2.24, 2.45) is 0 Å². The van der Waals surface area contributed by atoms with Crippen molar-refractivity contribution in [1.82, 2.24) is 9.78 Å². The highest BCUT2D eigenvalue weighted by Gasteiger charge is 2.15. The predicted octanol–water partition coefficient (Wildman–Crippen LogP) is 3.84. The maximum atomic E-state index is 13.2. The van der Waals surface area contributed by atoms with Gasteiger partial charge in [0.15, 0.2) is 0 Å². The van der Waals surface area contributed by atoms with Crippen LogP contribution in [0.4, 0.5) is 4.39 Å². The molecule has 0 saturated carbocycles. The van der Waals surface area contributed by atoms with Crippen LogP contribution in [0.1, 0.15) is 29.3 Å². The minimum absolute atomic E-state index is 0.249. The Balaban J connectivity index is 1.87. The third-order valence-electron chi connectivity index (χ3n) is 3.51. The molecule has 5 heteroatoms. The average Bonchev–Trinajstić information content (AvgIpc) is 3.01. The van der Waals surface area contributed by atoms with Crippen molar-refractivity contribution < 1.29 is 9.50 Å². The molecular formula is C16H17FN2OS. The van der Waals surface area contributed by atoms with Crippen LogP contribution in [0, 0.1) is 12.7 Å². The van der Waals surface area contributed by atoms with Crippen molar-refractivity contribution >= 4 is 21.4 Å². The first-order valence-corrected chi connectivity index (χ1v) is 7.79. The summed E-state index contributed by atoms with van der Waals surface area (Å²) in [5.74, 6) is -0.249. The Morgan fingerprint density at radius 1 is 1.33 bits per heavy atom. The maximum Gasteiger partial charge on any atom is 0.123 e. The summed E-state index contributed by atoms with van der Waals surface area (Å²) in [6, 6.07) is 8.58. The van der Waals surface area contributed by atoms with Gasteiger partial charge in [-0.05, 0) is 49.6 Å². The second-order valence-electron chi connectivity index (χ2n) is 5.14. The number of halogens is 1. The van der Waals surface area contributed by atoms with Gasteiger partial charge in [0.25, 0.3) is 0 Å². The van der Waals surface area contributed by atoms with Crippen LogP contribution in [-0.4, -0.2) is 14.9 Å². The first-order valence-electron chi connectivity index (χ1n) is 6.97. The van der Waals surface area contributed by atoms with Crippen molar-refractivity contribution in [2.45, 2.75) is 32.9 Å². The highest BCUT2D eigenvalue weighted by atomic mass is 32.1. The molecule has 0 radical (unpaired) electrons. The van der Waals surface area contributed by atoms with E-state index in [1.54, 1.807) is 6.07 Å². The number of hydrogen-bond acceptors (Lipinski definition) is 3. The van der Waals surface area contributed by atoms with E-state index in [0.717, 1.165) is 32.9 Å². The molecule has 3 aromatic rings. The third kappa shape index (κ3) is 2.84. The van der Waals surface area contributed by atoms with Gasteiger partial charge in [0.1, 0.15) is 5.82 Å². The first-order chi connectivity index (χ1) is 10.1. The van der Waals surface area contributed by atoms with Crippen molar-refractivity contribution in [3.8, 4) is 0 Å². The highest BCUT2D eigenvalue weighted by Crippen LogP contribution is 2.32. The van der Waals surface area contributed by atoms with Gasteiger partial charge in [0.2, 0.25) is 0 Å². The van der Waals surface area contributed by atoms with E-state index in [-0.39, 0.29) is 5.82 Å². The predicted molar refractivity (Wildman–Crippen MR) is 83.1 cm³/mol. The minimum Gasteiger partial charge on any atom is -0.387 e. The van der Waals surface area contributed by atoms with E-state index in [9.17, 15) is 9.50 Å². The lowest BCUT2D eigenvalue weighted by Gasteiger charge is -2.09. The number of aromatic nitrogens is 2. The van der Waals surface area contributed by atoms with Crippen LogP contribution in [0.25, 0.3) is 10.1 Å². The zero-order valence-electron chi connectivity index (χ0n) is 12.0. The fourth-order valence-corrected chi connectivity index (χ4v) is 3.57. The first kappa shape index (κ1) is 14.2. The monoisotopic (exact) mass is 304 g/mol. The fourth-order valence-electron chi connectivity index (χ4n) is 2.53. The van der Waals surface area contributed by atoms with Crippen LogP contribution >= 0.6 is 11.3 Å². The van der Waals surface area contributed by atoms with Crippen LogP contribution in [0.3, 0.4) is 0 Å². The number of nitrogens with zero attached hydrogens (tertiary/aromatic N) is 2. The lowest BCUT2D eigenvalue weighted by atomic mass is 10.1. The molecule has 0 aliphatic heterocycles. The molecule has 1 N–H and O–H groups in total. The molecular weight excluding hydrogens is 287 g/mol. The van der Waals surface area contributed by atoms with Crippen LogP contribution in [0.2, 0.25) is 0 Å². The Labute approximate surface area is 126 Å². The Morgan fingerprint density at radius 2 is 2.14 bits per heavy atom. The molecule has 1 unspecified atom stereocenters. The third-order valence-corrected chi connectivity index (χ3v) is 4.73. The van der Waals surface area contributed by atoms with E-state index in [1.807, 2.05) is 30.7 Å². The van der Waals surface area contributed by atoms with Gasteiger partial charge in [-0.2, -0.15) is 5.10 Å². The van der Waals surface area contributed by atoms with Gasteiger partial charge in [0.05, 0.1) is 11.8 Å². The van der Waals surface area contributed by atoms with Crippen molar-refractivity contribution in [1.29, 1.82) is 0 Å². The van der Waals surface area contributed by atoms with Gasteiger partial charge >= 0.3 is 0 Å². The molecule has 2 aromatic heterocycles. The quantitative estimate of drug-likeness (QED) is 0.795. The number of aliphatic hydroxyl groups excluding tert-OH is 1. The highest BCUT2D eigenvalue weighted by molar-refractivity contribution is 7.19. The number of thiophene rings is 1. The number of rotatable bonds is 4. The molecule has 0 fully saturated rings. The van der Waals surface area contributed by atoms with Crippen LogP contribution in [0.15, 0.2) is 30.3 Å². The largest absolute Gasteiger partial charge is 0.387 e. The van der Waals surface area contributed by atoms with E-state index in [1.165, 1.54) is 23.5 Å². The topological polar surface area (TPSA) is 38.0 Å². The van der Waals surface area contributed by atoms with Crippen LogP contribution in [-0.2, 0) is 13.0 Å². The number of aryl methyl sites for hydroxylation is 2. The SMILES string of the molecule is CCn1nc(C)cc1CC(O)c1cc2cc(F)ccc2s1. The Morgan fingerprint density at radius 3 is 2.90 bits per heavy atom. The lowest BCUT2D eigenvalue weighted by molar-refractivity contribution is 0.179. The summed E-state index contributed by atoms with van der Waals surface area (Å²) in [6.07, 6.45) is -0.0730. The van der Waals surface area contributed by atoms with E-state index in [4.69, 9.17) is 0 Å². The number of fused-ring (bicyclic) bond motifs is 1. The minimum atomic E-state index is -0.591. The molecule has 0 spiro atoms. The molecule has 0 saturated heterocycles. The molecule has 2 heterocycles. The van der Waals surface area contributed by atoms with Crippen molar-refractivity contribution in [2.75, 3.05) is 0 Å². The van der Waals surface area contributed by atoms with Crippen molar-refractivity contribution in [3.05, 3.63) is 52.4 Å². The Kier molecular flexibility index (Phi) is 3.78. The van der Waals surface area contributed by atoms with Crippen molar-refractivity contribution in [3.63, 3.8) is 0 Å². The summed E-state index contributed by atoms with van der Waals surface area (Å²) in [6.45, 7) is 4.77. The zero-order valence-corrected chi connectivity index (χ0v) is 12.8. The zero-order chi connectivity index (χ0) is 15.0. The maximum absolute atomic E-state index is 13.2. The van der Waals surface area contributed by atoms with Crippen LogP contribution < -0.4 is 0 Å². The normalized spacial score (nSPS) is 13.0. The van der Waals surface area contributed by atoms with Crippen LogP contribution in [0.5, 0.6) is 0 Å². The van der Waals surface area contributed by atoms with Gasteiger partial charge in [0, 0.05) is 28.2 Å². The summed E-state index contributed by atoms with van der Waals surface area (Å²) < 4.78 is 16.1. The Bertz CT molecular complexity index is 778. The molecule has 3 rings (SSSR count). The molecule has 1 aromatic carbocycles. The summed E-state index contributed by atoms with van der Waals surface area (Å²) in [4.78, 5) is 0.858. The lowest BCUT2D eigenvalue weighted by Crippen LogP contribution is -2.07. The fraction of sp³-hybridized carbons (Fsp3) is 0.312. The summed E-state index contributed by atoms with van der Waals surface area (Å²) in [5, 5.41) is 15.7. The van der Waals surface area contributed by atoms with Gasteiger partial charge in [-0.15, -0.1) is 11.3 Å². The second kappa shape index (κ2) is 5.58. The van der Waals surface area contributed by atoms with E-state index in [0.29, 0.717) is 6.42 Å². The smallest absolute Gasteiger partial charge is 0.123 e. The molecule has 0 aliphatic carbocycles. The molecule has 21 heavy (non-hydrogen) atoms. The van der Waals surface area contributed by atoms with E-state index >= 15 is 0 Å². The van der Waals surface area contributed by atoms with E-state index < -0.39 is 6.10 Å². The number of aliphatic hydroxyl groups is 1. The average molecular weight is 304 g/mol. The molecule has 110 valence electrons. The standard InChI is InChI=1S/C16H17FN2OS/c1-3-19-13(6-10(2)18-19)9-14(20)16-8-11-7-12(17)4-5-15(11)21-16/h4-8,14,20H,3,9H2,1-2H3. The molecule has 1 atom stereocenters. The molecule has 0 aliphatic rings. The number of hydrogen-bond donors (Lipinski definition) is 1. The number of benzene rings is 1. The second-order valence-corrected chi connectivity index (χ2v) is 6.26. The summed E-state index contributed by atoms with van der Waals surface area (Å²) in [5.41, 5.74) is 1.98. The van der Waals surface area contributed by atoms with Gasteiger partial charge < -0.3 is 5.11 Å².